The number of fused-ring (bicyclic) bond motifs is 1. The maximum absolute atomic E-state index is 13.3. The van der Waals surface area contributed by atoms with Crippen LogP contribution < -0.4 is 4.74 Å². The van der Waals surface area contributed by atoms with Crippen molar-refractivity contribution in [3.05, 3.63) is 28.9 Å². The summed E-state index contributed by atoms with van der Waals surface area (Å²) in [4.78, 5) is 0. The zero-order valence-corrected chi connectivity index (χ0v) is 8.24. The van der Waals surface area contributed by atoms with Gasteiger partial charge in [0.1, 0.15) is 0 Å². The minimum absolute atomic E-state index is 0.286. The minimum Gasteiger partial charge on any atom is -0.493 e. The quantitative estimate of drug-likeness (QED) is 0.679. The summed E-state index contributed by atoms with van der Waals surface area (Å²) in [5.74, 6) is 0.0702. The molecule has 1 nitrogen and oxygen atoms in total. The Bertz CT molecular complexity index is 447. The van der Waals surface area contributed by atoms with Crippen LogP contribution in [0.1, 0.15) is 5.56 Å². The van der Waals surface area contributed by atoms with E-state index in [9.17, 15) is 4.39 Å². The van der Waals surface area contributed by atoms with Crippen molar-refractivity contribution in [3.63, 3.8) is 0 Å². The number of hydrogen-bond donors (Lipinski definition) is 0. The molecule has 0 saturated carbocycles. The molecule has 68 valence electrons. The number of aryl methyl sites for hydroxylation is 1. The number of thiophene rings is 1. The highest BCUT2D eigenvalue weighted by Gasteiger charge is 2.10. The van der Waals surface area contributed by atoms with E-state index < -0.39 is 0 Å². The highest BCUT2D eigenvalue weighted by molar-refractivity contribution is 7.17. The van der Waals surface area contributed by atoms with Crippen LogP contribution in [0.15, 0.2) is 17.5 Å². The molecule has 0 atom stereocenters. The fourth-order valence-corrected chi connectivity index (χ4v) is 2.36. The summed E-state index contributed by atoms with van der Waals surface area (Å²) in [6.45, 7) is 1.88. The first kappa shape index (κ1) is 8.51. The third-order valence-corrected chi connectivity index (χ3v) is 3.13. The second kappa shape index (κ2) is 3.00. The Kier molecular flexibility index (Phi) is 1.96. The largest absolute Gasteiger partial charge is 0.493 e. The van der Waals surface area contributed by atoms with Gasteiger partial charge in [-0.05, 0) is 29.8 Å². The van der Waals surface area contributed by atoms with Gasteiger partial charge in [0.25, 0.3) is 0 Å². The normalized spacial score (nSPS) is 10.7. The van der Waals surface area contributed by atoms with E-state index in [-0.39, 0.29) is 5.82 Å². The summed E-state index contributed by atoms with van der Waals surface area (Å²) in [6.07, 6.45) is 0. The lowest BCUT2D eigenvalue weighted by atomic mass is 10.1. The first-order valence-electron chi connectivity index (χ1n) is 3.94. The number of methoxy groups -OCH3 is 1. The number of hydrogen-bond acceptors (Lipinski definition) is 2. The Morgan fingerprint density at radius 3 is 2.92 bits per heavy atom. The van der Waals surface area contributed by atoms with Crippen LogP contribution in [0.5, 0.6) is 5.75 Å². The molecule has 0 fully saturated rings. The molecule has 0 radical (unpaired) electrons. The average Bonchev–Trinajstić information content (AvgIpc) is 2.53. The molecule has 2 rings (SSSR count). The second-order valence-electron chi connectivity index (χ2n) is 2.86. The Morgan fingerprint density at radius 2 is 2.23 bits per heavy atom. The number of ether oxygens (including phenoxy) is 1. The maximum atomic E-state index is 13.3. The molecule has 3 heteroatoms. The van der Waals surface area contributed by atoms with Crippen molar-refractivity contribution in [1.82, 2.24) is 0 Å². The minimum atomic E-state index is -0.286. The molecule has 0 aliphatic rings. The molecule has 0 aliphatic heterocycles. The van der Waals surface area contributed by atoms with Gasteiger partial charge in [-0.15, -0.1) is 11.3 Å². The molecule has 0 unspecified atom stereocenters. The van der Waals surface area contributed by atoms with Crippen LogP contribution >= 0.6 is 11.3 Å². The van der Waals surface area contributed by atoms with Crippen molar-refractivity contribution in [3.8, 4) is 5.75 Å². The van der Waals surface area contributed by atoms with Crippen molar-refractivity contribution in [2.75, 3.05) is 7.11 Å². The summed E-state index contributed by atoms with van der Waals surface area (Å²) < 4.78 is 19.4. The Labute approximate surface area is 79.8 Å². The molecule has 1 aromatic carbocycles. The number of halogens is 1. The van der Waals surface area contributed by atoms with E-state index >= 15 is 0 Å². The molecule has 0 amide bonds. The Morgan fingerprint density at radius 1 is 1.46 bits per heavy atom. The van der Waals surface area contributed by atoms with E-state index in [0.29, 0.717) is 5.75 Å². The molecule has 0 aliphatic carbocycles. The molecule has 0 spiro atoms. The lowest BCUT2D eigenvalue weighted by Gasteiger charge is -2.06. The predicted octanol–water partition coefficient (Wildman–Crippen LogP) is 3.36. The van der Waals surface area contributed by atoms with E-state index in [0.717, 1.165) is 15.6 Å². The van der Waals surface area contributed by atoms with Crippen molar-refractivity contribution in [1.29, 1.82) is 0 Å². The van der Waals surface area contributed by atoms with Crippen molar-refractivity contribution >= 4 is 21.4 Å². The standard InChI is InChI=1S/C10H9FOS/c1-6-9(12-2)8(11)5-7-3-4-13-10(6)7/h3-5H,1-2H3. The van der Waals surface area contributed by atoms with Gasteiger partial charge in [-0.1, -0.05) is 0 Å². The number of benzene rings is 1. The molecule has 1 aromatic heterocycles. The second-order valence-corrected chi connectivity index (χ2v) is 3.77. The van der Waals surface area contributed by atoms with Crippen LogP contribution in [0.4, 0.5) is 4.39 Å². The molecule has 13 heavy (non-hydrogen) atoms. The average molecular weight is 196 g/mol. The molecule has 1 heterocycles. The van der Waals surface area contributed by atoms with E-state index in [1.165, 1.54) is 13.2 Å². The summed E-state index contributed by atoms with van der Waals surface area (Å²) >= 11 is 1.61. The third kappa shape index (κ3) is 1.20. The van der Waals surface area contributed by atoms with Gasteiger partial charge in [0, 0.05) is 10.3 Å². The maximum Gasteiger partial charge on any atom is 0.166 e. The molecular formula is C10H9FOS. The summed E-state index contributed by atoms with van der Waals surface area (Å²) in [7, 11) is 1.49. The summed E-state index contributed by atoms with van der Waals surface area (Å²) in [5, 5.41) is 2.90. The third-order valence-electron chi connectivity index (χ3n) is 2.08. The number of rotatable bonds is 1. The predicted molar refractivity (Wildman–Crippen MR) is 53.1 cm³/mol. The topological polar surface area (TPSA) is 9.23 Å². The van der Waals surface area contributed by atoms with E-state index in [2.05, 4.69) is 0 Å². The summed E-state index contributed by atoms with van der Waals surface area (Å²) in [6, 6.07) is 3.42. The molecule has 0 saturated heterocycles. The zero-order valence-electron chi connectivity index (χ0n) is 7.43. The smallest absolute Gasteiger partial charge is 0.166 e. The van der Waals surface area contributed by atoms with E-state index in [1.54, 1.807) is 11.3 Å². The highest BCUT2D eigenvalue weighted by atomic mass is 32.1. The van der Waals surface area contributed by atoms with Crippen LogP contribution in [0, 0.1) is 12.7 Å². The first-order valence-corrected chi connectivity index (χ1v) is 4.82. The fraction of sp³-hybridized carbons (Fsp3) is 0.200. The molecule has 0 bridgehead atoms. The van der Waals surface area contributed by atoms with Crippen LogP contribution in [0.2, 0.25) is 0 Å². The van der Waals surface area contributed by atoms with Gasteiger partial charge < -0.3 is 4.74 Å². The van der Waals surface area contributed by atoms with Gasteiger partial charge in [-0.3, -0.25) is 0 Å². The summed E-state index contributed by atoms with van der Waals surface area (Å²) in [5.41, 5.74) is 0.882. The van der Waals surface area contributed by atoms with Crippen LogP contribution in [0.3, 0.4) is 0 Å². The Hall–Kier alpha value is -1.09. The van der Waals surface area contributed by atoms with E-state index in [4.69, 9.17) is 4.74 Å². The van der Waals surface area contributed by atoms with Gasteiger partial charge in [0.15, 0.2) is 11.6 Å². The first-order chi connectivity index (χ1) is 6.24. The molecule has 2 aromatic rings. The van der Waals surface area contributed by atoms with Gasteiger partial charge in [0.2, 0.25) is 0 Å². The SMILES string of the molecule is COc1c(F)cc2ccsc2c1C. The van der Waals surface area contributed by atoms with Gasteiger partial charge >= 0.3 is 0 Å². The molecule has 0 N–H and O–H groups in total. The van der Waals surface area contributed by atoms with Crippen LogP contribution in [0.25, 0.3) is 10.1 Å². The Balaban J connectivity index is 2.85. The van der Waals surface area contributed by atoms with Crippen molar-refractivity contribution in [2.45, 2.75) is 6.92 Å². The zero-order chi connectivity index (χ0) is 9.42. The van der Waals surface area contributed by atoms with Gasteiger partial charge in [-0.25, -0.2) is 4.39 Å². The van der Waals surface area contributed by atoms with Crippen LogP contribution in [-0.4, -0.2) is 7.11 Å². The van der Waals surface area contributed by atoms with Crippen molar-refractivity contribution in [2.24, 2.45) is 0 Å². The highest BCUT2D eigenvalue weighted by Crippen LogP contribution is 2.33. The monoisotopic (exact) mass is 196 g/mol. The van der Waals surface area contributed by atoms with E-state index in [1.807, 2.05) is 18.4 Å². The fourth-order valence-electron chi connectivity index (χ4n) is 1.47. The lowest BCUT2D eigenvalue weighted by Crippen LogP contribution is -1.91. The van der Waals surface area contributed by atoms with Crippen molar-refractivity contribution < 1.29 is 9.13 Å². The van der Waals surface area contributed by atoms with Gasteiger partial charge in [0.05, 0.1) is 7.11 Å². The molecular weight excluding hydrogens is 187 g/mol. The van der Waals surface area contributed by atoms with Gasteiger partial charge in [-0.2, -0.15) is 0 Å². The van der Waals surface area contributed by atoms with Crippen LogP contribution in [-0.2, 0) is 0 Å². The lowest BCUT2D eigenvalue weighted by molar-refractivity contribution is 0.384.